The molecule has 13 heavy (non-hydrogen) atoms. The van der Waals surface area contributed by atoms with E-state index in [1.807, 2.05) is 11.5 Å². The maximum atomic E-state index is 10.2. The van der Waals surface area contributed by atoms with Crippen molar-refractivity contribution in [2.24, 2.45) is 0 Å². The third kappa shape index (κ3) is 2.16. The van der Waals surface area contributed by atoms with Crippen LogP contribution >= 0.6 is 15.9 Å². The van der Waals surface area contributed by atoms with Crippen LogP contribution in [0, 0.1) is 21.4 Å². The molecular weight excluding hydrogens is 238 g/mol. The predicted molar refractivity (Wildman–Crippen MR) is 49.5 cm³/mol. The summed E-state index contributed by atoms with van der Waals surface area (Å²) in [5.74, 6) is 0. The van der Waals surface area contributed by atoms with Gasteiger partial charge in [-0.2, -0.15) is 5.26 Å². The molecule has 1 aromatic carbocycles. The fourth-order valence-corrected chi connectivity index (χ4v) is 1.28. The average Bonchev–Trinajstić information content (AvgIpc) is 2.08. The van der Waals surface area contributed by atoms with E-state index in [0.29, 0.717) is 4.47 Å². The molecule has 0 aliphatic rings. The smallest absolute Gasteiger partial charge is 0.162 e. The van der Waals surface area contributed by atoms with Gasteiger partial charge in [-0.3, -0.25) is 0 Å². The molecule has 0 saturated carbocycles. The summed E-state index contributed by atoms with van der Waals surface area (Å²) in [6.07, 6.45) is 0. The second-order valence-electron chi connectivity index (χ2n) is 2.14. The zero-order valence-corrected chi connectivity index (χ0v) is 7.91. The van der Waals surface area contributed by atoms with Crippen molar-refractivity contribution in [2.45, 2.75) is 0 Å². The minimum atomic E-state index is -0.707. The number of hydrogen-bond acceptors (Lipinski definition) is 3. The molecule has 0 radical (unpaired) electrons. The van der Waals surface area contributed by atoms with E-state index in [-0.39, 0.29) is 11.3 Å². The molecule has 0 aromatic heterocycles. The molecule has 1 N–H and O–H groups in total. The Bertz CT molecular complexity index is 386. The Morgan fingerprint density at radius 2 is 2.31 bits per heavy atom. The minimum absolute atomic E-state index is 0.176. The Kier molecular flexibility index (Phi) is 2.82. The number of para-hydroxylation sites is 1. The van der Waals surface area contributed by atoms with Crippen molar-refractivity contribution >= 4 is 21.6 Å². The monoisotopic (exact) mass is 241 g/mol. The highest BCUT2D eigenvalue weighted by Crippen LogP contribution is 2.25. The number of halogens is 1. The summed E-state index contributed by atoms with van der Waals surface area (Å²) in [4.78, 5) is 10.2. The highest BCUT2D eigenvalue weighted by molar-refractivity contribution is 9.10. The molecule has 0 unspecified atom stereocenters. The number of nitriles is 1. The lowest BCUT2D eigenvalue weighted by Gasteiger charge is -2.01. The lowest BCUT2D eigenvalue weighted by Crippen LogP contribution is -2.09. The third-order valence-corrected chi connectivity index (χ3v) is 2.00. The summed E-state index contributed by atoms with van der Waals surface area (Å²) >= 11 is 3.10. The van der Waals surface area contributed by atoms with E-state index in [4.69, 9.17) is 5.26 Å². The van der Waals surface area contributed by atoms with Crippen molar-refractivity contribution in [3.8, 4) is 6.07 Å². The Hall–Kier alpha value is -1.61. The van der Waals surface area contributed by atoms with Crippen LogP contribution in [0.4, 0.5) is 5.69 Å². The molecule has 0 heterocycles. The Labute approximate surface area is 82.2 Å². The van der Waals surface area contributed by atoms with Crippen LogP contribution in [0.3, 0.4) is 0 Å². The SMILES string of the molecule is N#Cc1cccc(Br)c1N[N+](=O)[O-]. The van der Waals surface area contributed by atoms with Gasteiger partial charge in [-0.15, -0.1) is 5.43 Å². The molecule has 6 heteroatoms. The zero-order valence-electron chi connectivity index (χ0n) is 6.32. The quantitative estimate of drug-likeness (QED) is 0.634. The van der Waals surface area contributed by atoms with Gasteiger partial charge in [0.05, 0.1) is 5.56 Å². The Balaban J connectivity index is 3.17. The van der Waals surface area contributed by atoms with Gasteiger partial charge in [-0.05, 0) is 28.1 Å². The maximum absolute atomic E-state index is 10.2. The van der Waals surface area contributed by atoms with Gasteiger partial charge in [0.1, 0.15) is 11.8 Å². The number of benzene rings is 1. The summed E-state index contributed by atoms with van der Waals surface area (Å²) in [5.41, 5.74) is 2.35. The van der Waals surface area contributed by atoms with Crippen molar-refractivity contribution in [1.82, 2.24) is 0 Å². The fourth-order valence-electron chi connectivity index (χ4n) is 0.822. The number of anilines is 1. The van der Waals surface area contributed by atoms with Crippen LogP contribution in [0.25, 0.3) is 0 Å². The van der Waals surface area contributed by atoms with Crippen LogP contribution in [0.5, 0.6) is 0 Å². The van der Waals surface area contributed by atoms with Crippen LogP contribution in [0.15, 0.2) is 22.7 Å². The fraction of sp³-hybridized carbons (Fsp3) is 0. The van der Waals surface area contributed by atoms with Gasteiger partial charge >= 0.3 is 0 Å². The van der Waals surface area contributed by atoms with E-state index < -0.39 is 5.03 Å². The zero-order chi connectivity index (χ0) is 9.84. The van der Waals surface area contributed by atoms with E-state index in [1.54, 1.807) is 12.1 Å². The number of nitro groups is 1. The Morgan fingerprint density at radius 3 is 2.85 bits per heavy atom. The summed E-state index contributed by atoms with van der Waals surface area (Å²) in [6, 6.07) is 6.59. The third-order valence-electron chi connectivity index (χ3n) is 1.34. The first-order valence-electron chi connectivity index (χ1n) is 3.25. The molecule has 66 valence electrons. The van der Waals surface area contributed by atoms with E-state index in [2.05, 4.69) is 15.9 Å². The highest BCUT2D eigenvalue weighted by atomic mass is 79.9. The first kappa shape index (κ1) is 9.48. The molecule has 0 saturated heterocycles. The highest BCUT2D eigenvalue weighted by Gasteiger charge is 2.09. The van der Waals surface area contributed by atoms with E-state index in [0.717, 1.165) is 0 Å². The number of nitrogens with zero attached hydrogens (tertiary/aromatic N) is 2. The van der Waals surface area contributed by atoms with Gasteiger partial charge in [0, 0.05) is 4.47 Å². The van der Waals surface area contributed by atoms with Crippen LogP contribution in [0.2, 0.25) is 0 Å². The molecule has 0 aliphatic heterocycles. The second kappa shape index (κ2) is 3.87. The van der Waals surface area contributed by atoms with Gasteiger partial charge in [-0.1, -0.05) is 6.07 Å². The number of nitrogens with one attached hydrogen (secondary N) is 1. The first-order valence-corrected chi connectivity index (χ1v) is 4.04. The van der Waals surface area contributed by atoms with E-state index >= 15 is 0 Å². The number of rotatable bonds is 2. The summed E-state index contributed by atoms with van der Waals surface area (Å²) in [6.45, 7) is 0. The molecule has 0 atom stereocenters. The van der Waals surface area contributed by atoms with Crippen LogP contribution < -0.4 is 5.43 Å². The van der Waals surface area contributed by atoms with Gasteiger partial charge in [-0.25, -0.2) is 10.1 Å². The summed E-state index contributed by atoms with van der Waals surface area (Å²) in [5, 5.41) is 18.1. The lowest BCUT2D eigenvalue weighted by molar-refractivity contribution is -0.445. The first-order chi connectivity index (χ1) is 6.15. The van der Waals surface area contributed by atoms with Gasteiger partial charge in [0.15, 0.2) is 5.03 Å². The topological polar surface area (TPSA) is 79.0 Å². The molecule has 1 aromatic rings. The lowest BCUT2D eigenvalue weighted by atomic mass is 10.2. The molecule has 0 fully saturated rings. The van der Waals surface area contributed by atoms with E-state index in [9.17, 15) is 10.1 Å². The van der Waals surface area contributed by atoms with Crippen molar-refractivity contribution in [3.05, 3.63) is 38.3 Å². The van der Waals surface area contributed by atoms with Crippen molar-refractivity contribution in [1.29, 1.82) is 5.26 Å². The van der Waals surface area contributed by atoms with Crippen molar-refractivity contribution < 1.29 is 5.03 Å². The summed E-state index contributed by atoms with van der Waals surface area (Å²) < 4.78 is 0.489. The maximum Gasteiger partial charge on any atom is 0.162 e. The van der Waals surface area contributed by atoms with Crippen molar-refractivity contribution in [2.75, 3.05) is 5.43 Å². The second-order valence-corrected chi connectivity index (χ2v) is 3.00. The molecule has 0 spiro atoms. The Morgan fingerprint density at radius 1 is 1.62 bits per heavy atom. The number of hydrazine groups is 1. The standard InChI is InChI=1S/C7H4BrN3O2/c8-6-3-1-2-5(4-9)7(6)10-11(12)13/h1-3,10H. The molecular formula is C7H4BrN3O2. The van der Waals surface area contributed by atoms with Crippen LogP contribution in [0.1, 0.15) is 5.56 Å². The van der Waals surface area contributed by atoms with Gasteiger partial charge in [0.2, 0.25) is 0 Å². The average molecular weight is 242 g/mol. The normalized spacial score (nSPS) is 8.92. The molecule has 1 rings (SSSR count). The van der Waals surface area contributed by atoms with Gasteiger partial charge in [0.25, 0.3) is 0 Å². The molecule has 0 aliphatic carbocycles. The summed E-state index contributed by atoms with van der Waals surface area (Å²) in [7, 11) is 0. The number of hydrogen-bond donors (Lipinski definition) is 1. The largest absolute Gasteiger partial charge is 0.235 e. The molecule has 5 nitrogen and oxygen atoms in total. The predicted octanol–water partition coefficient (Wildman–Crippen LogP) is 1.92. The van der Waals surface area contributed by atoms with Crippen LogP contribution in [-0.2, 0) is 0 Å². The molecule has 0 amide bonds. The minimum Gasteiger partial charge on any atom is -0.235 e. The molecule has 0 bridgehead atoms. The van der Waals surface area contributed by atoms with Crippen molar-refractivity contribution in [3.63, 3.8) is 0 Å². The van der Waals surface area contributed by atoms with Crippen LogP contribution in [-0.4, -0.2) is 5.03 Å². The van der Waals surface area contributed by atoms with Gasteiger partial charge < -0.3 is 0 Å². The van der Waals surface area contributed by atoms with E-state index in [1.165, 1.54) is 6.07 Å².